The molecule has 0 aromatic rings. The van der Waals surface area contributed by atoms with Gasteiger partial charge in [0.15, 0.2) is 11.5 Å². The molecule has 0 saturated heterocycles. The predicted octanol–water partition coefficient (Wildman–Crippen LogP) is 2.70. The van der Waals surface area contributed by atoms with Crippen molar-refractivity contribution in [1.29, 1.82) is 0 Å². The first-order valence-electron chi connectivity index (χ1n) is 3.91. The lowest BCUT2D eigenvalue weighted by Gasteiger charge is -2.07. The van der Waals surface area contributed by atoms with Gasteiger partial charge in [0.05, 0.1) is 0 Å². The third-order valence-corrected chi connectivity index (χ3v) is 1.79. The molecule has 0 unspecified atom stereocenters. The summed E-state index contributed by atoms with van der Waals surface area (Å²) in [6.45, 7) is 1.81. The van der Waals surface area contributed by atoms with E-state index in [1.807, 2.05) is 13.0 Å². The van der Waals surface area contributed by atoms with Crippen LogP contribution in [-0.4, -0.2) is 6.29 Å². The molecule has 2 rings (SSSR count). The average Bonchev–Trinajstić information content (AvgIpc) is 2.15. The fourth-order valence-electron chi connectivity index (χ4n) is 1.26. The molecule has 0 bridgehead atoms. The van der Waals surface area contributed by atoms with Gasteiger partial charge < -0.3 is 9.47 Å². The number of ether oxygens (including phenoxy) is 2. The molecule has 0 spiro atoms. The van der Waals surface area contributed by atoms with Crippen LogP contribution in [0.2, 0.25) is 0 Å². The maximum Gasteiger partial charge on any atom is 0.585 e. The number of allylic oxidation sites excluding steroid dienone is 4. The largest absolute Gasteiger partial charge is 0.585 e. The van der Waals surface area contributed by atoms with Crippen LogP contribution in [0.3, 0.4) is 0 Å². The third-order valence-electron chi connectivity index (χ3n) is 1.79. The van der Waals surface area contributed by atoms with Crippen molar-refractivity contribution in [3.63, 3.8) is 0 Å². The molecular weight excluding hydrogens is 178 g/mol. The molecule has 13 heavy (non-hydrogen) atoms. The Morgan fingerprint density at radius 2 is 2.15 bits per heavy atom. The summed E-state index contributed by atoms with van der Waals surface area (Å²) in [6, 6.07) is 0. The maximum absolute atomic E-state index is 12.6. The summed E-state index contributed by atoms with van der Waals surface area (Å²) in [6.07, 6.45) is 1.99. The molecule has 0 saturated carbocycles. The van der Waals surface area contributed by atoms with E-state index < -0.39 is 6.29 Å². The summed E-state index contributed by atoms with van der Waals surface area (Å²) in [5, 5.41) is 0. The van der Waals surface area contributed by atoms with Crippen LogP contribution in [0.15, 0.2) is 35.3 Å². The molecule has 0 amide bonds. The van der Waals surface area contributed by atoms with Gasteiger partial charge in [0.1, 0.15) is 0 Å². The van der Waals surface area contributed by atoms with Crippen molar-refractivity contribution in [2.75, 3.05) is 0 Å². The Labute approximate surface area is 74.1 Å². The third kappa shape index (κ3) is 1.56. The fraction of sp³-hybridized carbons (Fsp3) is 0.333. The normalized spacial score (nSPS) is 24.4. The van der Waals surface area contributed by atoms with Crippen molar-refractivity contribution in [3.8, 4) is 0 Å². The first-order chi connectivity index (χ1) is 6.07. The average molecular weight is 186 g/mol. The van der Waals surface area contributed by atoms with E-state index in [9.17, 15) is 8.78 Å². The van der Waals surface area contributed by atoms with E-state index in [2.05, 4.69) is 9.47 Å². The number of halogens is 2. The van der Waals surface area contributed by atoms with E-state index in [4.69, 9.17) is 0 Å². The van der Waals surface area contributed by atoms with Gasteiger partial charge in [-0.3, -0.25) is 0 Å². The summed E-state index contributed by atoms with van der Waals surface area (Å²) < 4.78 is 33.8. The molecule has 1 aliphatic heterocycles. The molecule has 1 heterocycles. The number of alkyl halides is 2. The Balaban J connectivity index is 2.30. The SMILES string of the molecule is CC1=CC2=C(CC=C1)OC(F)(F)O2. The van der Waals surface area contributed by atoms with E-state index in [-0.39, 0.29) is 11.5 Å². The fourth-order valence-corrected chi connectivity index (χ4v) is 1.26. The smallest absolute Gasteiger partial charge is 0.400 e. The van der Waals surface area contributed by atoms with Gasteiger partial charge in [-0.1, -0.05) is 12.2 Å². The van der Waals surface area contributed by atoms with E-state index in [1.54, 1.807) is 12.2 Å². The molecule has 0 atom stereocenters. The number of hydrogen-bond acceptors (Lipinski definition) is 2. The standard InChI is InChI=1S/C9H8F2O2/c1-6-3-2-4-7-8(5-6)13-9(10,11)12-7/h2-3,5H,4H2,1H3. The predicted molar refractivity (Wildman–Crippen MR) is 41.7 cm³/mol. The second kappa shape index (κ2) is 2.58. The quantitative estimate of drug-likeness (QED) is 0.579. The highest BCUT2D eigenvalue weighted by Gasteiger charge is 2.44. The molecule has 70 valence electrons. The molecule has 2 aliphatic rings. The first-order valence-corrected chi connectivity index (χ1v) is 3.91. The highest BCUT2D eigenvalue weighted by Crippen LogP contribution is 2.37. The van der Waals surface area contributed by atoms with Crippen molar-refractivity contribution < 1.29 is 18.3 Å². The van der Waals surface area contributed by atoms with E-state index >= 15 is 0 Å². The van der Waals surface area contributed by atoms with Gasteiger partial charge in [-0.05, 0) is 18.6 Å². The molecule has 0 aromatic heterocycles. The van der Waals surface area contributed by atoms with Crippen LogP contribution in [0.4, 0.5) is 8.78 Å². The van der Waals surface area contributed by atoms with Crippen LogP contribution in [-0.2, 0) is 9.47 Å². The van der Waals surface area contributed by atoms with Gasteiger partial charge in [0, 0.05) is 6.42 Å². The van der Waals surface area contributed by atoms with Gasteiger partial charge in [0.2, 0.25) is 0 Å². The summed E-state index contributed by atoms with van der Waals surface area (Å²) in [7, 11) is 0. The van der Waals surface area contributed by atoms with Gasteiger partial charge in [-0.15, -0.1) is 8.78 Å². The van der Waals surface area contributed by atoms with Crippen molar-refractivity contribution >= 4 is 0 Å². The Morgan fingerprint density at radius 1 is 1.38 bits per heavy atom. The minimum Gasteiger partial charge on any atom is -0.400 e. The van der Waals surface area contributed by atoms with E-state index in [0.29, 0.717) is 6.42 Å². The minimum atomic E-state index is -3.49. The van der Waals surface area contributed by atoms with Crippen LogP contribution in [0.25, 0.3) is 0 Å². The lowest BCUT2D eigenvalue weighted by Crippen LogP contribution is -2.16. The van der Waals surface area contributed by atoms with Crippen molar-refractivity contribution in [1.82, 2.24) is 0 Å². The summed E-state index contributed by atoms with van der Waals surface area (Å²) in [5.41, 5.74) is 0.867. The summed E-state index contributed by atoms with van der Waals surface area (Å²) >= 11 is 0. The Kier molecular flexibility index (Phi) is 1.65. The number of rotatable bonds is 0. The second-order valence-corrected chi connectivity index (χ2v) is 2.95. The highest BCUT2D eigenvalue weighted by atomic mass is 19.3. The zero-order valence-electron chi connectivity index (χ0n) is 7.01. The molecule has 0 N–H and O–H groups in total. The minimum absolute atomic E-state index is 0.132. The molecule has 0 aromatic carbocycles. The molecule has 1 aliphatic carbocycles. The lowest BCUT2D eigenvalue weighted by atomic mass is 10.3. The second-order valence-electron chi connectivity index (χ2n) is 2.95. The molecule has 2 nitrogen and oxygen atoms in total. The molecular formula is C9H8F2O2. The van der Waals surface area contributed by atoms with Crippen molar-refractivity contribution in [2.24, 2.45) is 0 Å². The van der Waals surface area contributed by atoms with Crippen LogP contribution in [0, 0.1) is 0 Å². The lowest BCUT2D eigenvalue weighted by molar-refractivity contribution is -0.336. The van der Waals surface area contributed by atoms with Crippen molar-refractivity contribution in [3.05, 3.63) is 35.3 Å². The monoisotopic (exact) mass is 186 g/mol. The van der Waals surface area contributed by atoms with Crippen LogP contribution in [0.5, 0.6) is 0 Å². The maximum atomic E-state index is 12.6. The Hall–Kier alpha value is -1.32. The molecule has 0 radical (unpaired) electrons. The highest BCUT2D eigenvalue weighted by molar-refractivity contribution is 5.33. The number of hydrogen-bond donors (Lipinski definition) is 0. The summed E-state index contributed by atoms with van der Waals surface area (Å²) in [4.78, 5) is 0. The van der Waals surface area contributed by atoms with Crippen LogP contribution >= 0.6 is 0 Å². The van der Waals surface area contributed by atoms with Gasteiger partial charge >= 0.3 is 6.29 Å². The molecule has 4 heteroatoms. The van der Waals surface area contributed by atoms with E-state index in [0.717, 1.165) is 5.57 Å². The molecule has 0 fully saturated rings. The topological polar surface area (TPSA) is 18.5 Å². The zero-order chi connectivity index (χ0) is 9.47. The van der Waals surface area contributed by atoms with Gasteiger partial charge in [-0.25, -0.2) is 0 Å². The van der Waals surface area contributed by atoms with Crippen molar-refractivity contribution in [2.45, 2.75) is 19.6 Å². The van der Waals surface area contributed by atoms with Crippen LogP contribution in [0.1, 0.15) is 13.3 Å². The van der Waals surface area contributed by atoms with Gasteiger partial charge in [-0.2, -0.15) is 0 Å². The Morgan fingerprint density at radius 3 is 2.92 bits per heavy atom. The van der Waals surface area contributed by atoms with E-state index in [1.165, 1.54) is 0 Å². The first kappa shape index (κ1) is 8.29. The van der Waals surface area contributed by atoms with Gasteiger partial charge in [0.25, 0.3) is 0 Å². The zero-order valence-corrected chi connectivity index (χ0v) is 7.01. The van der Waals surface area contributed by atoms with Crippen LogP contribution < -0.4 is 0 Å². The summed E-state index contributed by atoms with van der Waals surface area (Å²) in [5.74, 6) is 0.325. The Bertz CT molecular complexity index is 327.